The molecule has 0 fully saturated rings. The van der Waals surface area contributed by atoms with Crippen LogP contribution in [0.3, 0.4) is 0 Å². The van der Waals surface area contributed by atoms with Gasteiger partial charge in [0.1, 0.15) is 6.10 Å². The average Bonchev–Trinajstić information content (AvgIpc) is 2.14. The molecule has 0 saturated heterocycles. The summed E-state index contributed by atoms with van der Waals surface area (Å²) in [7, 11) is 0. The topological polar surface area (TPSA) is 87.0 Å². The number of aliphatic hydroxyl groups is 3. The highest BCUT2D eigenvalue weighted by Gasteiger charge is 2.24. The summed E-state index contributed by atoms with van der Waals surface area (Å²) < 4.78 is 4.89. The second-order valence-electron chi connectivity index (χ2n) is 5.25. The molecule has 0 aliphatic carbocycles. The van der Waals surface area contributed by atoms with Gasteiger partial charge in [0.15, 0.2) is 0 Å². The molecule has 0 rings (SSSR count). The zero-order valence-corrected chi connectivity index (χ0v) is 11.7. The van der Waals surface area contributed by atoms with Gasteiger partial charge in [0.2, 0.25) is 0 Å². The van der Waals surface area contributed by atoms with Crippen LogP contribution < -0.4 is 0 Å². The Morgan fingerprint density at radius 3 is 2.28 bits per heavy atom. The van der Waals surface area contributed by atoms with E-state index in [0.29, 0.717) is 6.42 Å². The summed E-state index contributed by atoms with van der Waals surface area (Å²) >= 11 is 0. The maximum atomic E-state index is 10.7. The molecule has 0 amide bonds. The molecule has 4 unspecified atom stereocenters. The number of hydrogen-bond acceptors (Lipinski definition) is 5. The van der Waals surface area contributed by atoms with Crippen molar-refractivity contribution in [3.63, 3.8) is 0 Å². The zero-order valence-electron chi connectivity index (χ0n) is 11.7. The molecule has 0 aliphatic heterocycles. The van der Waals surface area contributed by atoms with E-state index in [1.807, 2.05) is 6.92 Å². The van der Waals surface area contributed by atoms with Gasteiger partial charge in [-0.3, -0.25) is 4.79 Å². The summed E-state index contributed by atoms with van der Waals surface area (Å²) in [6.45, 7) is 6.51. The van der Waals surface area contributed by atoms with Gasteiger partial charge in [-0.1, -0.05) is 6.92 Å². The number of rotatable bonds is 8. The Labute approximate surface area is 109 Å². The highest BCUT2D eigenvalue weighted by atomic mass is 16.5. The molecule has 18 heavy (non-hydrogen) atoms. The van der Waals surface area contributed by atoms with Crippen LogP contribution in [0.15, 0.2) is 0 Å². The molecule has 3 N–H and O–H groups in total. The number of esters is 1. The van der Waals surface area contributed by atoms with Crippen molar-refractivity contribution in [3.05, 3.63) is 0 Å². The Bertz CT molecular complexity index is 252. The van der Waals surface area contributed by atoms with E-state index < -0.39 is 17.8 Å². The van der Waals surface area contributed by atoms with E-state index in [2.05, 4.69) is 0 Å². The third-order valence-corrected chi connectivity index (χ3v) is 2.95. The summed E-state index contributed by atoms with van der Waals surface area (Å²) in [5.74, 6) is -0.385. The van der Waals surface area contributed by atoms with Gasteiger partial charge >= 0.3 is 5.97 Å². The Morgan fingerprint density at radius 1 is 1.28 bits per heavy atom. The fourth-order valence-corrected chi connectivity index (χ4v) is 1.86. The van der Waals surface area contributed by atoms with Gasteiger partial charge in [0.25, 0.3) is 0 Å². The fourth-order valence-electron chi connectivity index (χ4n) is 1.86. The van der Waals surface area contributed by atoms with E-state index in [4.69, 9.17) is 4.74 Å². The molecule has 0 heterocycles. The Hall–Kier alpha value is -0.650. The maximum absolute atomic E-state index is 10.7. The minimum Gasteiger partial charge on any atom is -0.463 e. The monoisotopic (exact) mass is 262 g/mol. The van der Waals surface area contributed by atoms with Crippen molar-refractivity contribution >= 4 is 5.97 Å². The van der Waals surface area contributed by atoms with Crippen LogP contribution in [-0.4, -0.2) is 45.2 Å². The van der Waals surface area contributed by atoms with Crippen LogP contribution in [0.1, 0.15) is 53.4 Å². The average molecular weight is 262 g/mol. The van der Waals surface area contributed by atoms with Gasteiger partial charge in [-0.2, -0.15) is 0 Å². The molecule has 0 spiro atoms. The standard InChI is InChI=1S/C13H26O5/c1-5-13(4,17)8-12(16)7-11(15)6-9(2)18-10(3)14/h9,11-12,15-17H,5-8H2,1-4H3. The van der Waals surface area contributed by atoms with Crippen molar-refractivity contribution in [2.75, 3.05) is 0 Å². The van der Waals surface area contributed by atoms with Gasteiger partial charge in [-0.25, -0.2) is 0 Å². The van der Waals surface area contributed by atoms with Crippen LogP contribution >= 0.6 is 0 Å². The molecule has 4 atom stereocenters. The van der Waals surface area contributed by atoms with E-state index in [1.54, 1.807) is 13.8 Å². The van der Waals surface area contributed by atoms with Crippen LogP contribution in [0, 0.1) is 0 Å². The Balaban J connectivity index is 4.00. The van der Waals surface area contributed by atoms with Crippen molar-refractivity contribution in [2.24, 2.45) is 0 Å². The molecule has 0 aromatic rings. The van der Waals surface area contributed by atoms with Gasteiger partial charge in [-0.05, 0) is 26.7 Å². The number of carbonyl (C=O) groups is 1. The predicted octanol–water partition coefficient (Wildman–Crippen LogP) is 0.991. The summed E-state index contributed by atoms with van der Waals surface area (Å²) in [6.07, 6.45) is -0.669. The van der Waals surface area contributed by atoms with Crippen LogP contribution in [0.2, 0.25) is 0 Å². The Kier molecular flexibility index (Phi) is 7.43. The lowest BCUT2D eigenvalue weighted by Crippen LogP contribution is -2.32. The highest BCUT2D eigenvalue weighted by molar-refractivity contribution is 5.66. The lowest BCUT2D eigenvalue weighted by atomic mass is 9.92. The van der Waals surface area contributed by atoms with E-state index in [-0.39, 0.29) is 31.3 Å². The van der Waals surface area contributed by atoms with Crippen LogP contribution in [0.5, 0.6) is 0 Å². The summed E-state index contributed by atoms with van der Waals surface area (Å²) in [5.41, 5.74) is -0.916. The third-order valence-electron chi connectivity index (χ3n) is 2.95. The smallest absolute Gasteiger partial charge is 0.302 e. The molecule has 0 radical (unpaired) electrons. The first kappa shape index (κ1) is 17.4. The van der Waals surface area contributed by atoms with Crippen LogP contribution in [0.4, 0.5) is 0 Å². The predicted molar refractivity (Wildman–Crippen MR) is 68.0 cm³/mol. The van der Waals surface area contributed by atoms with E-state index in [0.717, 1.165) is 0 Å². The van der Waals surface area contributed by atoms with Gasteiger partial charge in [0.05, 0.1) is 17.8 Å². The molecule has 0 saturated carbocycles. The molecule has 0 aliphatic rings. The van der Waals surface area contributed by atoms with Crippen LogP contribution in [-0.2, 0) is 9.53 Å². The van der Waals surface area contributed by atoms with Gasteiger partial charge in [-0.15, -0.1) is 0 Å². The van der Waals surface area contributed by atoms with E-state index in [1.165, 1.54) is 6.92 Å². The first-order chi connectivity index (χ1) is 8.16. The third kappa shape index (κ3) is 8.44. The van der Waals surface area contributed by atoms with Crippen LogP contribution in [0.25, 0.3) is 0 Å². The molecular weight excluding hydrogens is 236 g/mol. The van der Waals surface area contributed by atoms with Crippen molar-refractivity contribution < 1.29 is 24.9 Å². The molecule has 0 bridgehead atoms. The molecule has 108 valence electrons. The second-order valence-corrected chi connectivity index (χ2v) is 5.25. The number of ether oxygens (including phenoxy) is 1. The van der Waals surface area contributed by atoms with Crippen molar-refractivity contribution in [1.82, 2.24) is 0 Å². The summed E-state index contributed by atoms with van der Waals surface area (Å²) in [6, 6.07) is 0. The largest absolute Gasteiger partial charge is 0.463 e. The molecule has 0 aromatic carbocycles. The number of carbonyl (C=O) groups excluding carboxylic acids is 1. The van der Waals surface area contributed by atoms with Crippen molar-refractivity contribution in [2.45, 2.75) is 77.3 Å². The van der Waals surface area contributed by atoms with Gasteiger partial charge < -0.3 is 20.1 Å². The zero-order chi connectivity index (χ0) is 14.3. The summed E-state index contributed by atoms with van der Waals surface area (Å²) in [5, 5.41) is 29.3. The quantitative estimate of drug-likeness (QED) is 0.568. The Morgan fingerprint density at radius 2 is 1.83 bits per heavy atom. The molecule has 5 heteroatoms. The number of aliphatic hydroxyl groups excluding tert-OH is 2. The van der Waals surface area contributed by atoms with Crippen molar-refractivity contribution in [3.8, 4) is 0 Å². The number of hydrogen-bond donors (Lipinski definition) is 3. The lowest BCUT2D eigenvalue weighted by Gasteiger charge is -2.26. The summed E-state index contributed by atoms with van der Waals surface area (Å²) in [4.78, 5) is 10.7. The lowest BCUT2D eigenvalue weighted by molar-refractivity contribution is -0.146. The van der Waals surface area contributed by atoms with E-state index >= 15 is 0 Å². The fraction of sp³-hybridized carbons (Fsp3) is 0.923. The minimum atomic E-state index is -0.916. The van der Waals surface area contributed by atoms with Gasteiger partial charge in [0, 0.05) is 19.8 Å². The first-order valence-corrected chi connectivity index (χ1v) is 6.42. The minimum absolute atomic E-state index is 0.168. The van der Waals surface area contributed by atoms with Crippen molar-refractivity contribution in [1.29, 1.82) is 0 Å². The maximum Gasteiger partial charge on any atom is 0.302 e. The highest BCUT2D eigenvalue weighted by Crippen LogP contribution is 2.19. The van der Waals surface area contributed by atoms with E-state index in [9.17, 15) is 20.1 Å². The normalized spacial score (nSPS) is 19.7. The molecule has 0 aromatic heterocycles. The molecular formula is C13H26O5. The second kappa shape index (κ2) is 7.71. The SMILES string of the molecule is CCC(C)(O)CC(O)CC(O)CC(C)OC(C)=O. The first-order valence-electron chi connectivity index (χ1n) is 6.42. The molecule has 5 nitrogen and oxygen atoms in total.